The van der Waals surface area contributed by atoms with Crippen LogP contribution < -0.4 is 4.90 Å². The molecule has 6 nitrogen and oxygen atoms in total. The Morgan fingerprint density at radius 1 is 0.935 bits per heavy atom. The van der Waals surface area contributed by atoms with Gasteiger partial charge in [-0.15, -0.1) is 0 Å². The second-order valence-corrected chi connectivity index (χ2v) is 8.95. The molecule has 156 valence electrons. The smallest absolute Gasteiger partial charge is 0.340 e. The number of nitrogens with zero attached hydrogens (tertiary/aromatic N) is 1. The minimum Gasteiger partial charge on any atom is -0.454 e. The van der Waals surface area contributed by atoms with E-state index >= 15 is 0 Å². The van der Waals surface area contributed by atoms with Crippen LogP contribution >= 0.6 is 15.9 Å². The Labute approximate surface area is 187 Å². The number of allylic oxidation sites excluding steroid dienone is 2. The molecular weight excluding hydrogens is 462 g/mol. The zero-order chi connectivity index (χ0) is 21.7. The molecule has 0 spiro atoms. The fraction of sp³-hybridized carbons (Fsp3) is 0.250. The van der Waals surface area contributed by atoms with Gasteiger partial charge < -0.3 is 4.74 Å². The molecule has 5 rings (SSSR count). The van der Waals surface area contributed by atoms with Crippen molar-refractivity contribution < 1.29 is 23.9 Å². The van der Waals surface area contributed by atoms with Crippen LogP contribution in [0.1, 0.15) is 27.1 Å². The number of rotatable bonds is 5. The van der Waals surface area contributed by atoms with E-state index in [4.69, 9.17) is 4.74 Å². The van der Waals surface area contributed by atoms with Gasteiger partial charge in [-0.1, -0.05) is 52.3 Å². The van der Waals surface area contributed by atoms with Gasteiger partial charge in [-0.2, -0.15) is 0 Å². The number of benzene rings is 2. The second-order valence-electron chi connectivity index (χ2n) is 8.04. The molecular formula is C24H18BrNO5. The molecule has 1 aliphatic heterocycles. The van der Waals surface area contributed by atoms with Crippen LogP contribution in [-0.4, -0.2) is 30.2 Å². The Hall–Kier alpha value is -3.06. The number of carbonyl (C=O) groups is 4. The molecule has 2 aromatic carbocycles. The largest absolute Gasteiger partial charge is 0.454 e. The molecule has 3 aliphatic rings. The van der Waals surface area contributed by atoms with Crippen LogP contribution in [-0.2, 0) is 14.3 Å². The molecule has 2 fully saturated rings. The number of amides is 2. The molecule has 31 heavy (non-hydrogen) atoms. The number of Topliss-reactive ketones (excluding diaryl/α,β-unsaturated/α-hetero) is 1. The van der Waals surface area contributed by atoms with E-state index in [1.54, 1.807) is 42.5 Å². The van der Waals surface area contributed by atoms with Gasteiger partial charge in [-0.25, -0.2) is 9.69 Å². The summed E-state index contributed by atoms with van der Waals surface area (Å²) >= 11 is 3.31. The summed E-state index contributed by atoms with van der Waals surface area (Å²) in [6.45, 7) is -0.435. The predicted molar refractivity (Wildman–Crippen MR) is 115 cm³/mol. The van der Waals surface area contributed by atoms with E-state index in [0.717, 1.165) is 15.8 Å². The van der Waals surface area contributed by atoms with Gasteiger partial charge >= 0.3 is 5.97 Å². The number of ketones is 1. The highest BCUT2D eigenvalue weighted by Crippen LogP contribution is 2.53. The van der Waals surface area contributed by atoms with Crippen LogP contribution in [0.4, 0.5) is 5.69 Å². The molecule has 2 bridgehead atoms. The van der Waals surface area contributed by atoms with E-state index in [2.05, 4.69) is 15.9 Å². The van der Waals surface area contributed by atoms with Gasteiger partial charge in [0, 0.05) is 10.0 Å². The fourth-order valence-corrected chi connectivity index (χ4v) is 5.17. The van der Waals surface area contributed by atoms with Gasteiger partial charge in [0.25, 0.3) is 0 Å². The summed E-state index contributed by atoms with van der Waals surface area (Å²) < 4.78 is 6.07. The maximum absolute atomic E-state index is 13.1. The Balaban J connectivity index is 1.35. The Bertz CT molecular complexity index is 1110. The van der Waals surface area contributed by atoms with Gasteiger partial charge in [0.05, 0.1) is 23.1 Å². The van der Waals surface area contributed by atoms with Crippen molar-refractivity contribution in [2.75, 3.05) is 11.5 Å². The number of hydrogen-bond donors (Lipinski definition) is 0. The van der Waals surface area contributed by atoms with E-state index in [0.29, 0.717) is 5.56 Å². The highest BCUT2D eigenvalue weighted by Gasteiger charge is 2.59. The lowest BCUT2D eigenvalue weighted by atomic mass is 9.85. The third kappa shape index (κ3) is 3.24. The van der Waals surface area contributed by atoms with Gasteiger partial charge in [-0.3, -0.25) is 14.4 Å². The van der Waals surface area contributed by atoms with Crippen molar-refractivity contribution in [3.63, 3.8) is 0 Å². The highest BCUT2D eigenvalue weighted by atomic mass is 79.9. The van der Waals surface area contributed by atoms with Crippen molar-refractivity contribution in [2.45, 2.75) is 6.42 Å². The zero-order valence-electron chi connectivity index (χ0n) is 16.4. The SMILES string of the molecule is O=C(COC(=O)c1ccccc1N1C(=O)C2C3C=CC(C3)C2C1=O)c1ccc(Br)cc1. The topological polar surface area (TPSA) is 80.8 Å². The molecule has 2 aromatic rings. The normalized spacial score (nSPS) is 25.8. The Morgan fingerprint density at radius 2 is 1.55 bits per heavy atom. The van der Waals surface area contributed by atoms with E-state index in [1.807, 2.05) is 12.2 Å². The Morgan fingerprint density at radius 3 is 2.19 bits per heavy atom. The van der Waals surface area contributed by atoms with Crippen molar-refractivity contribution in [1.29, 1.82) is 0 Å². The number of hydrogen-bond acceptors (Lipinski definition) is 5. The molecule has 0 aromatic heterocycles. The predicted octanol–water partition coefficient (Wildman–Crippen LogP) is 3.80. The molecule has 4 unspecified atom stereocenters. The lowest BCUT2D eigenvalue weighted by molar-refractivity contribution is -0.123. The van der Waals surface area contributed by atoms with Crippen LogP contribution in [0.5, 0.6) is 0 Å². The van der Waals surface area contributed by atoms with E-state index in [9.17, 15) is 19.2 Å². The first-order valence-electron chi connectivity index (χ1n) is 10.1. The van der Waals surface area contributed by atoms with Crippen LogP contribution in [0.15, 0.2) is 65.2 Å². The molecule has 1 heterocycles. The standard InChI is InChI=1S/C24H18BrNO5/c25-16-9-7-13(8-10-16)19(27)12-31-24(30)17-3-1-2-4-18(17)26-22(28)20-14-5-6-15(11-14)21(20)23(26)29/h1-10,14-15,20-21H,11-12H2. The third-order valence-electron chi connectivity index (χ3n) is 6.34. The summed E-state index contributed by atoms with van der Waals surface area (Å²) in [6, 6.07) is 13.1. The number of para-hydroxylation sites is 1. The lowest BCUT2D eigenvalue weighted by Crippen LogP contribution is -2.34. The monoisotopic (exact) mass is 479 g/mol. The summed E-state index contributed by atoms with van der Waals surface area (Å²) in [5.41, 5.74) is 0.727. The van der Waals surface area contributed by atoms with Crippen molar-refractivity contribution in [1.82, 2.24) is 0 Å². The average molecular weight is 480 g/mol. The number of ether oxygens (including phenoxy) is 1. The number of fused-ring (bicyclic) bond motifs is 5. The minimum atomic E-state index is -0.750. The average Bonchev–Trinajstić information content (AvgIpc) is 3.46. The van der Waals surface area contributed by atoms with Gasteiger partial charge in [0.15, 0.2) is 12.4 Å². The van der Waals surface area contributed by atoms with Gasteiger partial charge in [0.2, 0.25) is 11.8 Å². The first-order valence-corrected chi connectivity index (χ1v) is 10.9. The third-order valence-corrected chi connectivity index (χ3v) is 6.86. The Kier molecular flexibility index (Phi) is 4.85. The summed E-state index contributed by atoms with van der Waals surface area (Å²) in [7, 11) is 0. The summed E-state index contributed by atoms with van der Waals surface area (Å²) in [4.78, 5) is 52.4. The van der Waals surface area contributed by atoms with Gasteiger partial charge in [-0.05, 0) is 42.5 Å². The summed E-state index contributed by atoms with van der Waals surface area (Å²) in [5, 5.41) is 0. The number of esters is 1. The molecule has 4 atom stereocenters. The first kappa shape index (κ1) is 19.9. The molecule has 2 aliphatic carbocycles. The first-order chi connectivity index (χ1) is 15.0. The maximum Gasteiger partial charge on any atom is 0.340 e. The molecule has 2 amide bonds. The highest BCUT2D eigenvalue weighted by molar-refractivity contribution is 9.10. The van der Waals surface area contributed by atoms with E-state index < -0.39 is 12.6 Å². The maximum atomic E-state index is 13.1. The number of anilines is 1. The van der Waals surface area contributed by atoms with Gasteiger partial charge in [0.1, 0.15) is 0 Å². The molecule has 0 radical (unpaired) electrons. The number of imide groups is 1. The van der Waals surface area contributed by atoms with E-state index in [1.165, 1.54) is 6.07 Å². The van der Waals surface area contributed by atoms with Crippen LogP contribution in [0, 0.1) is 23.7 Å². The second kappa shape index (κ2) is 7.57. The van der Waals surface area contributed by atoms with Crippen LogP contribution in [0.25, 0.3) is 0 Å². The molecule has 7 heteroatoms. The van der Waals surface area contributed by atoms with Crippen molar-refractivity contribution in [2.24, 2.45) is 23.7 Å². The quantitative estimate of drug-likeness (QED) is 0.282. The number of halogens is 1. The summed E-state index contributed by atoms with van der Waals surface area (Å²) in [6.07, 6.45) is 4.88. The molecule has 0 N–H and O–H groups in total. The fourth-order valence-electron chi connectivity index (χ4n) is 4.91. The van der Waals surface area contributed by atoms with Crippen LogP contribution in [0.2, 0.25) is 0 Å². The molecule has 1 saturated heterocycles. The van der Waals surface area contributed by atoms with Crippen molar-refractivity contribution in [3.05, 3.63) is 76.3 Å². The summed E-state index contributed by atoms with van der Waals surface area (Å²) in [5.74, 6) is -2.17. The van der Waals surface area contributed by atoms with Crippen molar-refractivity contribution in [3.8, 4) is 0 Å². The van der Waals surface area contributed by atoms with Crippen LogP contribution in [0.3, 0.4) is 0 Å². The van der Waals surface area contributed by atoms with Crippen molar-refractivity contribution >= 4 is 45.2 Å². The molecule has 1 saturated carbocycles. The minimum absolute atomic E-state index is 0.0825. The zero-order valence-corrected chi connectivity index (χ0v) is 17.9. The van der Waals surface area contributed by atoms with E-state index in [-0.39, 0.29) is 52.5 Å². The number of carbonyl (C=O) groups excluding carboxylic acids is 4. The lowest BCUT2D eigenvalue weighted by Gasteiger charge is -2.19.